The normalized spacial score (nSPS) is 16.8. The largest absolute Gasteiger partial charge is 0.487 e. The van der Waals surface area contributed by atoms with Gasteiger partial charge in [-0.25, -0.2) is 0 Å². The molecule has 2 rings (SSSR count). The van der Waals surface area contributed by atoms with Gasteiger partial charge >= 0.3 is 0 Å². The van der Waals surface area contributed by atoms with Gasteiger partial charge in [0.2, 0.25) is 0 Å². The standard InChI is InChI=1S/C15H22O2/c1-10-8-11(2)13-9-15(3,4)17-14(13)12(10)6-5-7-16/h8,16H,5-7,9H2,1-4H3. The number of fused-ring (bicyclic) bond motifs is 1. The quantitative estimate of drug-likeness (QED) is 0.871. The fourth-order valence-corrected chi connectivity index (χ4v) is 2.69. The summed E-state index contributed by atoms with van der Waals surface area (Å²) in [7, 11) is 0. The molecule has 0 saturated carbocycles. The molecule has 1 aliphatic heterocycles. The number of aryl methyl sites for hydroxylation is 2. The summed E-state index contributed by atoms with van der Waals surface area (Å²) < 4.78 is 6.10. The van der Waals surface area contributed by atoms with Crippen molar-refractivity contribution in [2.75, 3.05) is 6.61 Å². The van der Waals surface area contributed by atoms with Gasteiger partial charge in [0.15, 0.2) is 0 Å². The zero-order valence-corrected chi connectivity index (χ0v) is 11.3. The van der Waals surface area contributed by atoms with Crippen molar-refractivity contribution in [3.63, 3.8) is 0 Å². The van der Waals surface area contributed by atoms with E-state index in [0.29, 0.717) is 0 Å². The summed E-state index contributed by atoms with van der Waals surface area (Å²) in [6, 6.07) is 2.25. The molecule has 1 aliphatic rings. The topological polar surface area (TPSA) is 29.5 Å². The molecule has 0 bridgehead atoms. The van der Waals surface area contributed by atoms with E-state index in [4.69, 9.17) is 9.84 Å². The average molecular weight is 234 g/mol. The van der Waals surface area contributed by atoms with E-state index in [9.17, 15) is 0 Å². The zero-order valence-electron chi connectivity index (χ0n) is 11.3. The van der Waals surface area contributed by atoms with Crippen LogP contribution in [-0.4, -0.2) is 17.3 Å². The van der Waals surface area contributed by atoms with Crippen molar-refractivity contribution >= 4 is 0 Å². The summed E-state index contributed by atoms with van der Waals surface area (Å²) in [5.41, 5.74) is 5.16. The summed E-state index contributed by atoms with van der Waals surface area (Å²) in [5, 5.41) is 8.98. The molecule has 1 N–H and O–H groups in total. The van der Waals surface area contributed by atoms with Crippen LogP contribution >= 0.6 is 0 Å². The second-order valence-corrected chi connectivity index (χ2v) is 5.66. The summed E-state index contributed by atoms with van der Waals surface area (Å²) >= 11 is 0. The molecule has 0 aromatic heterocycles. The van der Waals surface area contributed by atoms with Crippen molar-refractivity contribution in [2.45, 2.75) is 52.6 Å². The molecule has 17 heavy (non-hydrogen) atoms. The minimum atomic E-state index is -0.0884. The van der Waals surface area contributed by atoms with Crippen LogP contribution in [0.1, 0.15) is 42.5 Å². The van der Waals surface area contributed by atoms with E-state index in [0.717, 1.165) is 25.0 Å². The van der Waals surface area contributed by atoms with Gasteiger partial charge in [0.05, 0.1) is 0 Å². The lowest BCUT2D eigenvalue weighted by Crippen LogP contribution is -2.25. The molecule has 94 valence electrons. The van der Waals surface area contributed by atoms with Crippen LogP contribution in [0.2, 0.25) is 0 Å². The Labute approximate surface area is 104 Å². The number of rotatable bonds is 3. The zero-order chi connectivity index (χ0) is 12.6. The second-order valence-electron chi connectivity index (χ2n) is 5.66. The van der Waals surface area contributed by atoms with Gasteiger partial charge in [-0.3, -0.25) is 0 Å². The molecule has 0 amide bonds. The minimum Gasteiger partial charge on any atom is -0.487 e. The van der Waals surface area contributed by atoms with Crippen LogP contribution in [0.5, 0.6) is 5.75 Å². The average Bonchev–Trinajstić information content (AvgIpc) is 2.54. The van der Waals surface area contributed by atoms with Crippen molar-refractivity contribution in [3.05, 3.63) is 28.3 Å². The first-order valence-corrected chi connectivity index (χ1v) is 6.36. The number of benzene rings is 1. The molecule has 0 spiro atoms. The second kappa shape index (κ2) is 4.34. The first-order chi connectivity index (χ1) is 7.94. The molecule has 0 unspecified atom stereocenters. The fourth-order valence-electron chi connectivity index (χ4n) is 2.69. The predicted molar refractivity (Wildman–Crippen MR) is 69.7 cm³/mol. The molecule has 0 saturated heterocycles. The Morgan fingerprint density at radius 2 is 2.00 bits per heavy atom. The van der Waals surface area contributed by atoms with Crippen molar-refractivity contribution < 1.29 is 9.84 Å². The summed E-state index contributed by atoms with van der Waals surface area (Å²) in [6.45, 7) is 8.81. The number of hydrogen-bond acceptors (Lipinski definition) is 2. The van der Waals surface area contributed by atoms with Crippen LogP contribution in [0.4, 0.5) is 0 Å². The van der Waals surface area contributed by atoms with Crippen LogP contribution in [0.3, 0.4) is 0 Å². The van der Waals surface area contributed by atoms with E-state index in [1.54, 1.807) is 0 Å². The highest BCUT2D eigenvalue weighted by Crippen LogP contribution is 2.41. The molecular formula is C15H22O2. The molecule has 1 heterocycles. The Kier molecular flexibility index (Phi) is 3.17. The number of aliphatic hydroxyl groups excluding tert-OH is 1. The Hall–Kier alpha value is -1.02. The first kappa shape index (κ1) is 12.4. The van der Waals surface area contributed by atoms with Gasteiger partial charge in [0.25, 0.3) is 0 Å². The maximum absolute atomic E-state index is 8.98. The third kappa shape index (κ3) is 2.32. The molecular weight excluding hydrogens is 212 g/mol. The van der Waals surface area contributed by atoms with Crippen LogP contribution < -0.4 is 4.74 Å². The van der Waals surface area contributed by atoms with Crippen LogP contribution in [-0.2, 0) is 12.8 Å². The lowest BCUT2D eigenvalue weighted by Gasteiger charge is -2.19. The highest BCUT2D eigenvalue weighted by molar-refractivity contribution is 5.53. The maximum Gasteiger partial charge on any atom is 0.127 e. The monoisotopic (exact) mass is 234 g/mol. The van der Waals surface area contributed by atoms with Crippen LogP contribution in [0, 0.1) is 13.8 Å². The summed E-state index contributed by atoms with van der Waals surface area (Å²) in [4.78, 5) is 0. The fraction of sp³-hybridized carbons (Fsp3) is 0.600. The van der Waals surface area contributed by atoms with Crippen LogP contribution in [0.15, 0.2) is 6.07 Å². The highest BCUT2D eigenvalue weighted by Gasteiger charge is 2.33. The van der Waals surface area contributed by atoms with Gasteiger partial charge in [0.1, 0.15) is 11.4 Å². The Morgan fingerprint density at radius 1 is 1.29 bits per heavy atom. The molecule has 0 atom stereocenters. The highest BCUT2D eigenvalue weighted by atomic mass is 16.5. The maximum atomic E-state index is 8.98. The lowest BCUT2D eigenvalue weighted by molar-refractivity contribution is 0.137. The SMILES string of the molecule is Cc1cc(C)c2c(c1CCCO)OC(C)(C)C2. The van der Waals surface area contributed by atoms with E-state index >= 15 is 0 Å². The Balaban J connectivity index is 2.44. The number of aliphatic hydroxyl groups is 1. The van der Waals surface area contributed by atoms with E-state index in [1.165, 1.54) is 22.3 Å². The van der Waals surface area contributed by atoms with Crippen molar-refractivity contribution in [2.24, 2.45) is 0 Å². The summed E-state index contributed by atoms with van der Waals surface area (Å²) in [6.07, 6.45) is 2.70. The molecule has 0 fully saturated rings. The van der Waals surface area contributed by atoms with Gasteiger partial charge in [-0.15, -0.1) is 0 Å². The van der Waals surface area contributed by atoms with Gasteiger partial charge in [-0.1, -0.05) is 6.07 Å². The first-order valence-electron chi connectivity index (χ1n) is 6.36. The molecule has 0 radical (unpaired) electrons. The number of hydrogen-bond donors (Lipinski definition) is 1. The van der Waals surface area contributed by atoms with E-state index in [1.807, 2.05) is 0 Å². The van der Waals surface area contributed by atoms with Crippen molar-refractivity contribution in [3.8, 4) is 5.75 Å². The van der Waals surface area contributed by atoms with Gasteiger partial charge in [-0.2, -0.15) is 0 Å². The van der Waals surface area contributed by atoms with Crippen LogP contribution in [0.25, 0.3) is 0 Å². The third-order valence-electron chi connectivity index (χ3n) is 3.50. The Bertz CT molecular complexity index is 433. The van der Waals surface area contributed by atoms with Gasteiger partial charge < -0.3 is 9.84 Å². The van der Waals surface area contributed by atoms with E-state index in [2.05, 4.69) is 33.8 Å². The third-order valence-corrected chi connectivity index (χ3v) is 3.50. The molecule has 2 nitrogen and oxygen atoms in total. The van der Waals surface area contributed by atoms with Crippen molar-refractivity contribution in [1.82, 2.24) is 0 Å². The minimum absolute atomic E-state index is 0.0884. The Morgan fingerprint density at radius 3 is 2.65 bits per heavy atom. The van der Waals surface area contributed by atoms with E-state index in [-0.39, 0.29) is 12.2 Å². The van der Waals surface area contributed by atoms with Gasteiger partial charge in [0, 0.05) is 18.6 Å². The molecule has 2 heteroatoms. The summed E-state index contributed by atoms with van der Waals surface area (Å²) in [5.74, 6) is 1.08. The smallest absolute Gasteiger partial charge is 0.127 e. The lowest BCUT2D eigenvalue weighted by atomic mass is 9.92. The van der Waals surface area contributed by atoms with Gasteiger partial charge in [-0.05, 0) is 57.2 Å². The number of ether oxygens (including phenoxy) is 1. The molecule has 0 aliphatic carbocycles. The molecule has 1 aromatic rings. The molecule has 1 aromatic carbocycles. The predicted octanol–water partition coefficient (Wildman–Crippen LogP) is 2.94. The van der Waals surface area contributed by atoms with Crippen molar-refractivity contribution in [1.29, 1.82) is 0 Å². The van der Waals surface area contributed by atoms with E-state index < -0.39 is 0 Å².